The van der Waals surface area contributed by atoms with Gasteiger partial charge in [0.05, 0.1) is 67.8 Å². The molecule has 0 spiro atoms. The van der Waals surface area contributed by atoms with Crippen LogP contribution in [-0.2, 0) is 25.8 Å². The van der Waals surface area contributed by atoms with Crippen LogP contribution in [0.25, 0.3) is 44.7 Å². The topological polar surface area (TPSA) is 189 Å². The zero-order valence-corrected chi connectivity index (χ0v) is 34.8. The Hall–Kier alpha value is -6.46. The maximum Gasteiger partial charge on any atom is 0.407 e. The number of imidazole rings is 2. The lowest BCUT2D eigenvalue weighted by molar-refractivity contribution is -0.137. The second kappa shape index (κ2) is 16.2. The van der Waals surface area contributed by atoms with E-state index in [1.165, 1.54) is 14.2 Å². The Bertz CT molecular complexity index is 2490. The molecule has 16 nitrogen and oxygen atoms in total. The van der Waals surface area contributed by atoms with Gasteiger partial charge in [-0.05, 0) is 55.0 Å². The number of aromatic amines is 2. The van der Waals surface area contributed by atoms with Gasteiger partial charge in [0, 0.05) is 35.0 Å². The lowest BCUT2D eigenvalue weighted by Gasteiger charge is -2.30. The molecule has 0 aliphatic carbocycles. The number of alkyl carbamates (subject to hydrolysis) is 2. The number of nitrogens with zero attached hydrogens (tertiary/aromatic N) is 5. The van der Waals surface area contributed by atoms with Crippen LogP contribution in [0.1, 0.15) is 70.7 Å². The number of fused-ring (bicyclic) bond motifs is 5. The van der Waals surface area contributed by atoms with Crippen LogP contribution in [-0.4, -0.2) is 104 Å². The van der Waals surface area contributed by atoms with Crippen LogP contribution in [0.4, 0.5) is 18.4 Å². The Morgan fingerprint density at radius 2 is 1.41 bits per heavy atom. The Morgan fingerprint density at radius 1 is 0.820 bits per heavy atom. The first kappa shape index (κ1) is 41.3. The second-order valence-corrected chi connectivity index (χ2v) is 16.5. The fourth-order valence-electron chi connectivity index (χ4n) is 8.62. The van der Waals surface area contributed by atoms with E-state index in [9.17, 15) is 28.0 Å². The molecule has 3 aromatic heterocycles. The average molecular weight is 842 g/mol. The smallest absolute Gasteiger partial charge is 0.407 e. The molecular weight excluding hydrogens is 793 g/mol. The highest BCUT2D eigenvalue weighted by Gasteiger charge is 2.50. The molecule has 0 saturated carbocycles. The van der Waals surface area contributed by atoms with E-state index in [0.717, 1.165) is 56.7 Å². The van der Waals surface area contributed by atoms with E-state index in [1.807, 2.05) is 50.2 Å². The molecule has 4 amide bonds. The molecule has 5 aromatic rings. The van der Waals surface area contributed by atoms with Crippen LogP contribution in [0.3, 0.4) is 0 Å². The van der Waals surface area contributed by atoms with Crippen LogP contribution < -0.4 is 15.4 Å². The third-order valence-corrected chi connectivity index (χ3v) is 11.8. The van der Waals surface area contributed by atoms with E-state index in [4.69, 9.17) is 9.47 Å². The van der Waals surface area contributed by atoms with E-state index in [2.05, 4.69) is 45.9 Å². The molecule has 18 heteroatoms. The minimum atomic E-state index is -3.14. The van der Waals surface area contributed by atoms with Crippen molar-refractivity contribution < 1.29 is 42.2 Å². The summed E-state index contributed by atoms with van der Waals surface area (Å²) < 4.78 is 47.6. The molecule has 2 saturated heterocycles. The summed E-state index contributed by atoms with van der Waals surface area (Å²) in [7, 11) is 2.44. The highest BCUT2D eigenvalue weighted by atomic mass is 19.3. The van der Waals surface area contributed by atoms with Crippen molar-refractivity contribution in [1.82, 2.24) is 44.9 Å². The van der Waals surface area contributed by atoms with Gasteiger partial charge in [-0.25, -0.2) is 28.3 Å². The fraction of sp³-hybridized carbons (Fsp3) is 0.442. The van der Waals surface area contributed by atoms with Crippen LogP contribution in [0.2, 0.25) is 0 Å². The van der Waals surface area contributed by atoms with E-state index < -0.39 is 55.1 Å². The lowest BCUT2D eigenvalue weighted by Crippen LogP contribution is -2.51. The summed E-state index contributed by atoms with van der Waals surface area (Å²) in [4.78, 5) is 69.8. The zero-order valence-electron chi connectivity index (χ0n) is 34.8. The van der Waals surface area contributed by atoms with Crippen LogP contribution >= 0.6 is 0 Å². The van der Waals surface area contributed by atoms with Crippen molar-refractivity contribution >= 4 is 34.9 Å². The van der Waals surface area contributed by atoms with Crippen molar-refractivity contribution in [3.05, 3.63) is 66.5 Å². The van der Waals surface area contributed by atoms with Gasteiger partial charge in [0.15, 0.2) is 6.73 Å². The quantitative estimate of drug-likeness (QED) is 0.118. The minimum Gasteiger partial charge on any atom is -0.472 e. The summed E-state index contributed by atoms with van der Waals surface area (Å²) in [5.41, 5.74) is 5.80. The molecule has 61 heavy (non-hydrogen) atoms. The number of carbonyl (C=O) groups is 4. The van der Waals surface area contributed by atoms with Crippen molar-refractivity contribution in [3.8, 4) is 39.5 Å². The molecule has 3 aliphatic rings. The molecule has 2 fully saturated rings. The van der Waals surface area contributed by atoms with Gasteiger partial charge in [-0.1, -0.05) is 39.8 Å². The first-order valence-corrected chi connectivity index (χ1v) is 20.3. The summed E-state index contributed by atoms with van der Waals surface area (Å²) in [6.07, 6.45) is 2.79. The zero-order chi connectivity index (χ0) is 43.3. The number of rotatable bonds is 10. The molecule has 322 valence electrons. The van der Waals surface area contributed by atoms with Crippen molar-refractivity contribution in [2.24, 2.45) is 11.8 Å². The number of nitrogens with one attached hydrogen (secondary N) is 4. The summed E-state index contributed by atoms with van der Waals surface area (Å²) >= 11 is 0. The van der Waals surface area contributed by atoms with Crippen molar-refractivity contribution in [2.75, 3.05) is 27.3 Å². The molecule has 2 aromatic carbocycles. The van der Waals surface area contributed by atoms with Gasteiger partial charge in [-0.3, -0.25) is 9.59 Å². The summed E-state index contributed by atoms with van der Waals surface area (Å²) in [5, 5.41) is 6.10. The standard InChI is InChI=1S/C43H49F2N9O7/c1-22(2)35(50-41(57)59-5)39(55)52-13-7-8-31(52)37-46-19-29(48-37)25-9-11-27-32-15-26-14-24(10-12-30(26)54(32)21-61-34(27)16-25)28-18-47-38(49-28)33-17-43(44,45)20-53(33)40(56)36(23(3)4)51-42(58)60-6/h9-12,14-16,18-19,22-23,31,33,35-36H,7-8,13,17,20-21H2,1-6H3,(H,46,48)(H,47,49)(H,50,57)(H,51,58)/t31-,33-,35-,36-/m0/s1. The summed E-state index contributed by atoms with van der Waals surface area (Å²) in [6.45, 7) is 7.22. The molecular formula is C43H49F2N9O7. The first-order chi connectivity index (χ1) is 29.2. The number of ether oxygens (including phenoxy) is 3. The number of amides is 4. The highest BCUT2D eigenvalue weighted by molar-refractivity contribution is 5.92. The Morgan fingerprint density at radius 3 is 2.03 bits per heavy atom. The Kier molecular flexibility index (Phi) is 11.0. The molecule has 8 rings (SSSR count). The maximum absolute atomic E-state index is 14.9. The largest absolute Gasteiger partial charge is 0.472 e. The number of H-pyrrole nitrogens is 2. The number of carbonyl (C=O) groups excluding carboxylic acids is 4. The molecule has 3 aliphatic heterocycles. The van der Waals surface area contributed by atoms with Crippen molar-refractivity contribution in [2.45, 2.75) is 83.8 Å². The van der Waals surface area contributed by atoms with Gasteiger partial charge in [-0.2, -0.15) is 0 Å². The van der Waals surface area contributed by atoms with Gasteiger partial charge >= 0.3 is 12.2 Å². The molecule has 4 atom stereocenters. The molecule has 6 heterocycles. The number of halogens is 2. The van der Waals surface area contributed by atoms with Gasteiger partial charge in [-0.15, -0.1) is 0 Å². The minimum absolute atomic E-state index is 0.141. The Balaban J connectivity index is 1.01. The van der Waals surface area contributed by atoms with Crippen LogP contribution in [0, 0.1) is 11.8 Å². The number of hydrogen-bond acceptors (Lipinski definition) is 9. The normalized spacial score (nSPS) is 19.0. The monoisotopic (exact) mass is 841 g/mol. The average Bonchev–Trinajstić information content (AvgIpc) is 4.09. The van der Waals surface area contributed by atoms with E-state index in [1.54, 1.807) is 31.1 Å². The van der Waals surface area contributed by atoms with Gasteiger partial charge in [0.2, 0.25) is 11.8 Å². The van der Waals surface area contributed by atoms with Crippen LogP contribution in [0.15, 0.2) is 54.9 Å². The summed E-state index contributed by atoms with van der Waals surface area (Å²) in [5.74, 6) is -2.89. The molecule has 0 bridgehead atoms. The summed E-state index contributed by atoms with van der Waals surface area (Å²) in [6, 6.07) is 10.8. The number of benzene rings is 2. The lowest BCUT2D eigenvalue weighted by atomic mass is 10.0. The third-order valence-electron chi connectivity index (χ3n) is 11.8. The van der Waals surface area contributed by atoms with Gasteiger partial charge in [0.1, 0.15) is 29.5 Å². The second-order valence-electron chi connectivity index (χ2n) is 16.5. The van der Waals surface area contributed by atoms with Crippen molar-refractivity contribution in [3.63, 3.8) is 0 Å². The fourth-order valence-corrected chi connectivity index (χ4v) is 8.62. The number of methoxy groups -OCH3 is 2. The predicted molar refractivity (Wildman–Crippen MR) is 219 cm³/mol. The van der Waals surface area contributed by atoms with E-state index in [0.29, 0.717) is 23.8 Å². The molecule has 0 radical (unpaired) electrons. The SMILES string of the molecule is COC(=O)N[C@H](C(=O)N1CCC[C@H]1c1ncc(-c2ccc3c(c2)OCn2c-3cc3cc(-c4cnc([C@@H]5CC(F)(F)CN5C(=O)[C@@H](NC(=O)OC)C(C)C)[nH]4)ccc32)[nH]1)C(C)C. The number of likely N-dealkylation sites (tertiary alicyclic amines) is 2. The maximum atomic E-state index is 14.9. The molecule has 4 N–H and O–H groups in total. The predicted octanol–water partition coefficient (Wildman–Crippen LogP) is 6.77. The van der Waals surface area contributed by atoms with Crippen molar-refractivity contribution in [1.29, 1.82) is 0 Å². The number of alkyl halides is 2. The van der Waals surface area contributed by atoms with Gasteiger partial charge < -0.3 is 49.2 Å². The van der Waals surface area contributed by atoms with Gasteiger partial charge in [0.25, 0.3) is 5.92 Å². The first-order valence-electron chi connectivity index (χ1n) is 20.3. The Labute approximate surface area is 350 Å². The third kappa shape index (κ3) is 7.86. The van der Waals surface area contributed by atoms with E-state index >= 15 is 0 Å². The number of aromatic nitrogens is 5. The number of hydrogen-bond donors (Lipinski definition) is 4. The van der Waals surface area contributed by atoms with Crippen LogP contribution in [0.5, 0.6) is 5.75 Å². The molecule has 0 unspecified atom stereocenters. The van der Waals surface area contributed by atoms with E-state index in [-0.39, 0.29) is 36.3 Å². The highest BCUT2D eigenvalue weighted by Crippen LogP contribution is 2.43.